The van der Waals surface area contributed by atoms with E-state index in [0.717, 1.165) is 12.0 Å². The van der Waals surface area contributed by atoms with Gasteiger partial charge in [0, 0.05) is 37.3 Å². The first-order valence-corrected chi connectivity index (χ1v) is 6.21. The molecule has 1 aromatic carbocycles. The van der Waals surface area contributed by atoms with Crippen LogP contribution in [0.4, 0.5) is 4.39 Å². The molecule has 0 aliphatic heterocycles. The smallest absolute Gasteiger partial charge is 0.131 e. The number of aryl methyl sites for hydroxylation is 1. The maximum atomic E-state index is 13.7. The molecule has 5 heteroatoms. The van der Waals surface area contributed by atoms with Crippen molar-refractivity contribution in [2.24, 2.45) is 12.8 Å². The molecular weight excluding hydrogens is 245 g/mol. The van der Waals surface area contributed by atoms with Crippen LogP contribution in [0.5, 0.6) is 5.75 Å². The van der Waals surface area contributed by atoms with Gasteiger partial charge in [0.25, 0.3) is 0 Å². The zero-order chi connectivity index (χ0) is 13.8. The monoisotopic (exact) mass is 263 g/mol. The fourth-order valence-corrected chi connectivity index (χ4v) is 1.85. The summed E-state index contributed by atoms with van der Waals surface area (Å²) in [5.74, 6) is 0.194. The zero-order valence-corrected chi connectivity index (χ0v) is 11.1. The van der Waals surface area contributed by atoms with Gasteiger partial charge in [-0.2, -0.15) is 5.10 Å². The summed E-state index contributed by atoms with van der Waals surface area (Å²) >= 11 is 0. The van der Waals surface area contributed by atoms with Crippen molar-refractivity contribution in [1.29, 1.82) is 0 Å². The van der Waals surface area contributed by atoms with Gasteiger partial charge in [-0.25, -0.2) is 4.39 Å². The van der Waals surface area contributed by atoms with E-state index in [-0.39, 0.29) is 11.9 Å². The molecule has 1 aromatic heterocycles. The third-order valence-electron chi connectivity index (χ3n) is 2.88. The van der Waals surface area contributed by atoms with Crippen LogP contribution in [0.1, 0.15) is 24.1 Å². The Labute approximate surface area is 112 Å². The van der Waals surface area contributed by atoms with Crippen LogP contribution in [0.15, 0.2) is 30.6 Å². The number of nitrogens with zero attached hydrogens (tertiary/aromatic N) is 2. The molecule has 0 aliphatic rings. The van der Waals surface area contributed by atoms with E-state index in [0.29, 0.717) is 17.9 Å². The van der Waals surface area contributed by atoms with Crippen LogP contribution in [-0.2, 0) is 13.5 Å². The minimum atomic E-state index is -0.325. The van der Waals surface area contributed by atoms with E-state index >= 15 is 0 Å². The van der Waals surface area contributed by atoms with E-state index in [9.17, 15) is 4.39 Å². The van der Waals surface area contributed by atoms with Crippen molar-refractivity contribution in [3.63, 3.8) is 0 Å². The topological polar surface area (TPSA) is 53.1 Å². The van der Waals surface area contributed by atoms with E-state index in [2.05, 4.69) is 5.10 Å². The van der Waals surface area contributed by atoms with Gasteiger partial charge in [-0.15, -0.1) is 0 Å². The Morgan fingerprint density at radius 3 is 2.84 bits per heavy atom. The summed E-state index contributed by atoms with van der Waals surface area (Å²) in [4.78, 5) is 0. The predicted molar refractivity (Wildman–Crippen MR) is 71.4 cm³/mol. The molecule has 102 valence electrons. The van der Waals surface area contributed by atoms with E-state index in [1.165, 1.54) is 6.07 Å². The average Bonchev–Trinajstić information content (AvgIpc) is 2.75. The highest BCUT2D eigenvalue weighted by Gasteiger charge is 2.08. The summed E-state index contributed by atoms with van der Waals surface area (Å²) in [6.45, 7) is 2.24. The standard InChI is InChI=1S/C14H18FN3O/c1-10(16)13-4-3-12(7-14(13)15)19-6-5-11-8-17-18(2)9-11/h3-4,7-10H,5-6,16H2,1-2H3/t10-/m0/s1. The van der Waals surface area contributed by atoms with Crippen LogP contribution in [0.3, 0.4) is 0 Å². The number of halogens is 1. The molecule has 2 aromatic rings. The Bertz CT molecular complexity index is 551. The third-order valence-corrected chi connectivity index (χ3v) is 2.88. The third kappa shape index (κ3) is 3.54. The van der Waals surface area contributed by atoms with E-state index < -0.39 is 0 Å². The highest BCUT2D eigenvalue weighted by atomic mass is 19.1. The minimum Gasteiger partial charge on any atom is -0.493 e. The summed E-state index contributed by atoms with van der Waals surface area (Å²) in [5.41, 5.74) is 7.25. The molecule has 1 atom stereocenters. The predicted octanol–water partition coefficient (Wildman–Crippen LogP) is 2.20. The van der Waals surface area contributed by atoms with Gasteiger partial charge in [-0.3, -0.25) is 4.68 Å². The Balaban J connectivity index is 1.91. The largest absolute Gasteiger partial charge is 0.493 e. The summed E-state index contributed by atoms with van der Waals surface area (Å²) in [5, 5.41) is 4.07. The molecule has 19 heavy (non-hydrogen) atoms. The molecule has 0 saturated heterocycles. The Hall–Kier alpha value is -1.88. The van der Waals surface area contributed by atoms with Crippen molar-refractivity contribution in [2.75, 3.05) is 6.61 Å². The van der Waals surface area contributed by atoms with Crippen LogP contribution in [0.2, 0.25) is 0 Å². The van der Waals surface area contributed by atoms with Crippen molar-refractivity contribution < 1.29 is 9.13 Å². The normalized spacial score (nSPS) is 12.4. The molecule has 0 amide bonds. The van der Waals surface area contributed by atoms with Crippen molar-refractivity contribution in [1.82, 2.24) is 9.78 Å². The fourth-order valence-electron chi connectivity index (χ4n) is 1.85. The SMILES string of the molecule is C[C@H](N)c1ccc(OCCc2cnn(C)c2)cc1F. The van der Waals surface area contributed by atoms with E-state index in [1.54, 1.807) is 29.9 Å². The van der Waals surface area contributed by atoms with Crippen LogP contribution in [-0.4, -0.2) is 16.4 Å². The maximum absolute atomic E-state index is 13.7. The van der Waals surface area contributed by atoms with Gasteiger partial charge in [0.2, 0.25) is 0 Å². The van der Waals surface area contributed by atoms with Crippen molar-refractivity contribution in [3.8, 4) is 5.75 Å². The van der Waals surface area contributed by atoms with Crippen molar-refractivity contribution >= 4 is 0 Å². The second-order valence-electron chi connectivity index (χ2n) is 4.59. The van der Waals surface area contributed by atoms with Crippen molar-refractivity contribution in [2.45, 2.75) is 19.4 Å². The molecule has 0 bridgehead atoms. The lowest BCUT2D eigenvalue weighted by atomic mass is 10.1. The quantitative estimate of drug-likeness (QED) is 0.899. The summed E-state index contributed by atoms with van der Waals surface area (Å²) in [6.07, 6.45) is 4.47. The Morgan fingerprint density at radius 1 is 1.47 bits per heavy atom. The van der Waals surface area contributed by atoms with Crippen LogP contribution in [0, 0.1) is 5.82 Å². The molecular formula is C14H18FN3O. The lowest BCUT2D eigenvalue weighted by Crippen LogP contribution is -2.08. The van der Waals surface area contributed by atoms with Gasteiger partial charge in [-0.1, -0.05) is 6.07 Å². The second-order valence-corrected chi connectivity index (χ2v) is 4.59. The number of hydrogen-bond donors (Lipinski definition) is 1. The van der Waals surface area contributed by atoms with Gasteiger partial charge in [-0.05, 0) is 18.6 Å². The molecule has 1 heterocycles. The first-order valence-electron chi connectivity index (χ1n) is 6.21. The molecule has 0 spiro atoms. The second kappa shape index (κ2) is 5.84. The molecule has 2 rings (SSSR count). The van der Waals surface area contributed by atoms with Crippen LogP contribution in [0.25, 0.3) is 0 Å². The van der Waals surface area contributed by atoms with Crippen LogP contribution < -0.4 is 10.5 Å². The van der Waals surface area contributed by atoms with Gasteiger partial charge in [0.05, 0.1) is 12.8 Å². The number of nitrogens with two attached hydrogens (primary N) is 1. The first-order chi connectivity index (χ1) is 9.06. The molecule has 0 saturated carbocycles. The Kier molecular flexibility index (Phi) is 4.16. The average molecular weight is 263 g/mol. The molecule has 0 aliphatic carbocycles. The zero-order valence-electron chi connectivity index (χ0n) is 11.1. The summed E-state index contributed by atoms with van der Waals surface area (Å²) in [7, 11) is 1.87. The molecule has 4 nitrogen and oxygen atoms in total. The van der Waals surface area contributed by atoms with Crippen molar-refractivity contribution in [3.05, 3.63) is 47.5 Å². The summed E-state index contributed by atoms with van der Waals surface area (Å²) in [6, 6.07) is 4.47. The van der Waals surface area contributed by atoms with Gasteiger partial charge in [0.15, 0.2) is 0 Å². The first kappa shape index (κ1) is 13.5. The lowest BCUT2D eigenvalue weighted by Gasteiger charge is -2.10. The Morgan fingerprint density at radius 2 is 2.26 bits per heavy atom. The molecule has 0 fully saturated rings. The highest BCUT2D eigenvalue weighted by Crippen LogP contribution is 2.20. The van der Waals surface area contributed by atoms with Gasteiger partial charge < -0.3 is 10.5 Å². The highest BCUT2D eigenvalue weighted by molar-refractivity contribution is 5.30. The number of rotatable bonds is 5. The number of hydrogen-bond acceptors (Lipinski definition) is 3. The number of benzene rings is 1. The maximum Gasteiger partial charge on any atom is 0.131 e. The molecule has 0 unspecified atom stereocenters. The van der Waals surface area contributed by atoms with E-state index in [4.69, 9.17) is 10.5 Å². The van der Waals surface area contributed by atoms with Gasteiger partial charge in [0.1, 0.15) is 11.6 Å². The summed E-state index contributed by atoms with van der Waals surface area (Å²) < 4.78 is 20.9. The minimum absolute atomic E-state index is 0.315. The number of aromatic nitrogens is 2. The van der Waals surface area contributed by atoms with E-state index in [1.807, 2.05) is 13.2 Å². The van der Waals surface area contributed by atoms with Gasteiger partial charge >= 0.3 is 0 Å². The number of ether oxygens (including phenoxy) is 1. The van der Waals surface area contributed by atoms with Crippen LogP contribution >= 0.6 is 0 Å². The lowest BCUT2D eigenvalue weighted by molar-refractivity contribution is 0.320. The molecule has 0 radical (unpaired) electrons. The molecule has 2 N–H and O–H groups in total. The fraction of sp³-hybridized carbons (Fsp3) is 0.357.